The number of amides is 1. The van der Waals surface area contributed by atoms with Crippen molar-refractivity contribution in [1.29, 1.82) is 0 Å². The first-order chi connectivity index (χ1) is 14.3. The van der Waals surface area contributed by atoms with Crippen LogP contribution in [-0.2, 0) is 16.7 Å². The van der Waals surface area contributed by atoms with Crippen molar-refractivity contribution in [3.8, 4) is 5.75 Å². The van der Waals surface area contributed by atoms with E-state index in [4.69, 9.17) is 4.18 Å². The van der Waals surface area contributed by atoms with E-state index in [9.17, 15) is 17.6 Å². The second-order valence-corrected chi connectivity index (χ2v) is 8.57. The molecule has 0 aliphatic rings. The SMILES string of the molecule is CC(C)N(Cc1ccc(OS(=O)(=O)c2ccc(F)cc2)cc1)C(=O)c1ccccc1. The molecule has 0 saturated carbocycles. The third kappa shape index (κ3) is 5.24. The maximum Gasteiger partial charge on any atom is 0.339 e. The third-order valence-electron chi connectivity index (χ3n) is 4.49. The molecule has 0 atom stereocenters. The van der Waals surface area contributed by atoms with Gasteiger partial charge in [-0.3, -0.25) is 4.79 Å². The summed E-state index contributed by atoms with van der Waals surface area (Å²) < 4.78 is 42.8. The predicted molar refractivity (Wildman–Crippen MR) is 112 cm³/mol. The van der Waals surface area contributed by atoms with E-state index in [0.29, 0.717) is 12.1 Å². The molecule has 0 bridgehead atoms. The Morgan fingerprint density at radius 3 is 2.10 bits per heavy atom. The number of rotatable bonds is 7. The minimum absolute atomic E-state index is 0.0208. The topological polar surface area (TPSA) is 63.7 Å². The summed E-state index contributed by atoms with van der Waals surface area (Å²) in [5.74, 6) is -0.476. The molecule has 5 nitrogen and oxygen atoms in total. The van der Waals surface area contributed by atoms with Gasteiger partial charge in [-0.25, -0.2) is 4.39 Å². The Balaban J connectivity index is 1.73. The van der Waals surface area contributed by atoms with E-state index in [0.717, 1.165) is 29.8 Å². The molecule has 30 heavy (non-hydrogen) atoms. The zero-order valence-electron chi connectivity index (χ0n) is 16.7. The molecule has 0 fully saturated rings. The number of nitrogens with zero attached hydrogens (tertiary/aromatic N) is 1. The molecule has 0 radical (unpaired) electrons. The van der Waals surface area contributed by atoms with Crippen LogP contribution in [0, 0.1) is 5.82 Å². The van der Waals surface area contributed by atoms with Gasteiger partial charge in [0.2, 0.25) is 0 Å². The summed E-state index contributed by atoms with van der Waals surface area (Å²) in [6.45, 7) is 4.25. The molecule has 0 aliphatic carbocycles. The molecule has 0 unspecified atom stereocenters. The summed E-state index contributed by atoms with van der Waals surface area (Å²) in [5, 5.41) is 0. The van der Waals surface area contributed by atoms with Crippen LogP contribution in [0.3, 0.4) is 0 Å². The summed E-state index contributed by atoms with van der Waals surface area (Å²) in [6, 6.07) is 19.9. The summed E-state index contributed by atoms with van der Waals surface area (Å²) >= 11 is 0. The van der Waals surface area contributed by atoms with Gasteiger partial charge in [0.05, 0.1) is 0 Å². The highest BCUT2D eigenvalue weighted by Crippen LogP contribution is 2.21. The first-order valence-corrected chi connectivity index (χ1v) is 10.8. The Morgan fingerprint density at radius 1 is 0.933 bits per heavy atom. The van der Waals surface area contributed by atoms with Gasteiger partial charge in [0.1, 0.15) is 16.5 Å². The van der Waals surface area contributed by atoms with Crippen LogP contribution in [0.4, 0.5) is 4.39 Å². The van der Waals surface area contributed by atoms with E-state index in [1.165, 1.54) is 12.1 Å². The predicted octanol–water partition coefficient (Wildman–Crippen LogP) is 4.64. The fourth-order valence-electron chi connectivity index (χ4n) is 2.86. The van der Waals surface area contributed by atoms with Gasteiger partial charge in [0.25, 0.3) is 5.91 Å². The van der Waals surface area contributed by atoms with Crippen molar-refractivity contribution in [1.82, 2.24) is 4.90 Å². The molecular formula is C23H22FNO4S. The third-order valence-corrected chi connectivity index (χ3v) is 5.75. The smallest absolute Gasteiger partial charge is 0.339 e. The molecule has 156 valence electrons. The highest BCUT2D eigenvalue weighted by atomic mass is 32.2. The van der Waals surface area contributed by atoms with Crippen LogP contribution < -0.4 is 4.18 Å². The van der Waals surface area contributed by atoms with Crippen molar-refractivity contribution in [2.45, 2.75) is 31.3 Å². The maximum absolute atomic E-state index is 13.0. The van der Waals surface area contributed by atoms with Crippen LogP contribution in [0.1, 0.15) is 29.8 Å². The van der Waals surface area contributed by atoms with Gasteiger partial charge in [0, 0.05) is 18.2 Å². The van der Waals surface area contributed by atoms with Crippen molar-refractivity contribution in [3.63, 3.8) is 0 Å². The van der Waals surface area contributed by atoms with Crippen molar-refractivity contribution in [3.05, 3.63) is 95.8 Å². The lowest BCUT2D eigenvalue weighted by molar-refractivity contribution is 0.0690. The van der Waals surface area contributed by atoms with Gasteiger partial charge in [-0.05, 0) is 67.9 Å². The fraction of sp³-hybridized carbons (Fsp3) is 0.174. The molecular weight excluding hydrogens is 405 g/mol. The number of hydrogen-bond acceptors (Lipinski definition) is 4. The molecule has 3 rings (SSSR count). The van der Waals surface area contributed by atoms with Gasteiger partial charge in [-0.1, -0.05) is 30.3 Å². The van der Waals surface area contributed by atoms with Crippen LogP contribution in [0.5, 0.6) is 5.75 Å². The first kappa shape index (κ1) is 21.5. The second-order valence-electron chi connectivity index (χ2n) is 7.03. The highest BCUT2D eigenvalue weighted by molar-refractivity contribution is 7.87. The molecule has 7 heteroatoms. The zero-order chi connectivity index (χ0) is 21.7. The first-order valence-electron chi connectivity index (χ1n) is 9.41. The Hall–Kier alpha value is -3.19. The molecule has 3 aromatic carbocycles. The fourth-order valence-corrected chi connectivity index (χ4v) is 3.79. The average molecular weight is 427 g/mol. The summed E-state index contributed by atoms with van der Waals surface area (Å²) in [6.07, 6.45) is 0. The number of hydrogen-bond donors (Lipinski definition) is 0. The zero-order valence-corrected chi connectivity index (χ0v) is 17.5. The summed E-state index contributed by atoms with van der Waals surface area (Å²) in [5.41, 5.74) is 1.44. The van der Waals surface area contributed by atoms with Gasteiger partial charge >= 0.3 is 10.1 Å². The van der Waals surface area contributed by atoms with Crippen molar-refractivity contribution >= 4 is 16.0 Å². The Bertz CT molecular complexity index is 1100. The molecule has 0 aliphatic heterocycles. The molecule has 0 saturated heterocycles. The molecule has 0 N–H and O–H groups in total. The van der Waals surface area contributed by atoms with E-state index < -0.39 is 15.9 Å². The quantitative estimate of drug-likeness (QED) is 0.515. The lowest BCUT2D eigenvalue weighted by Gasteiger charge is -2.27. The number of carbonyl (C=O) groups is 1. The van der Waals surface area contributed by atoms with Gasteiger partial charge in [-0.15, -0.1) is 0 Å². The summed E-state index contributed by atoms with van der Waals surface area (Å²) in [4.78, 5) is 14.4. The lowest BCUT2D eigenvalue weighted by Crippen LogP contribution is -2.36. The van der Waals surface area contributed by atoms with Gasteiger partial charge in [0.15, 0.2) is 0 Å². The van der Waals surface area contributed by atoms with Crippen LogP contribution >= 0.6 is 0 Å². The van der Waals surface area contributed by atoms with Crippen LogP contribution in [-0.4, -0.2) is 25.3 Å². The lowest BCUT2D eigenvalue weighted by atomic mass is 10.1. The van der Waals surface area contributed by atoms with Crippen LogP contribution in [0.2, 0.25) is 0 Å². The van der Waals surface area contributed by atoms with E-state index in [1.54, 1.807) is 29.2 Å². The van der Waals surface area contributed by atoms with Gasteiger partial charge in [-0.2, -0.15) is 8.42 Å². The average Bonchev–Trinajstić information content (AvgIpc) is 2.73. The van der Waals surface area contributed by atoms with E-state index >= 15 is 0 Å². The normalized spacial score (nSPS) is 11.3. The molecule has 1 amide bonds. The van der Waals surface area contributed by atoms with Crippen molar-refractivity contribution < 1.29 is 21.8 Å². The van der Waals surface area contributed by atoms with Crippen LogP contribution in [0.15, 0.2) is 83.8 Å². The van der Waals surface area contributed by atoms with Crippen molar-refractivity contribution in [2.24, 2.45) is 0 Å². The number of halogens is 1. The largest absolute Gasteiger partial charge is 0.379 e. The molecule has 0 spiro atoms. The summed E-state index contributed by atoms with van der Waals surface area (Å²) in [7, 11) is -4.06. The van der Waals surface area contributed by atoms with E-state index in [-0.39, 0.29) is 22.6 Å². The monoisotopic (exact) mass is 427 g/mol. The minimum atomic E-state index is -4.06. The van der Waals surface area contributed by atoms with Crippen LogP contribution in [0.25, 0.3) is 0 Å². The molecule has 3 aromatic rings. The van der Waals surface area contributed by atoms with Crippen molar-refractivity contribution in [2.75, 3.05) is 0 Å². The Kier molecular flexibility index (Phi) is 6.52. The molecule has 0 aromatic heterocycles. The number of benzene rings is 3. The molecule has 0 heterocycles. The maximum atomic E-state index is 13.0. The Morgan fingerprint density at radius 2 is 1.53 bits per heavy atom. The van der Waals surface area contributed by atoms with E-state index in [1.807, 2.05) is 32.0 Å². The van der Waals surface area contributed by atoms with Gasteiger partial charge < -0.3 is 9.08 Å². The second kappa shape index (κ2) is 9.09. The minimum Gasteiger partial charge on any atom is -0.379 e. The number of carbonyl (C=O) groups excluding carboxylic acids is 1. The highest BCUT2D eigenvalue weighted by Gasteiger charge is 2.20. The standard InChI is InChI=1S/C23H22FNO4S/c1-17(2)25(23(26)19-6-4-3-5-7-19)16-18-8-12-21(13-9-18)29-30(27,28)22-14-10-20(24)11-15-22/h3-15,17H,16H2,1-2H3. The van der Waals surface area contributed by atoms with E-state index in [2.05, 4.69) is 0 Å². The Labute approximate surface area is 175 Å².